The minimum Gasteiger partial charge on any atom is -0.383 e. The summed E-state index contributed by atoms with van der Waals surface area (Å²) in [6, 6.07) is 8.26. The Balaban J connectivity index is 1.92. The number of aliphatic hydroxyl groups is 1. The summed E-state index contributed by atoms with van der Waals surface area (Å²) in [5.74, 6) is 0. The molecule has 112 valence electrons. The van der Waals surface area contributed by atoms with Gasteiger partial charge in [0.1, 0.15) is 5.60 Å². The van der Waals surface area contributed by atoms with E-state index in [1.807, 2.05) is 30.9 Å². The molecule has 0 atom stereocenters. The van der Waals surface area contributed by atoms with Crippen LogP contribution in [-0.4, -0.2) is 40.4 Å². The molecule has 1 aromatic heterocycles. The second-order valence-electron chi connectivity index (χ2n) is 6.02. The quantitative estimate of drug-likeness (QED) is 0.919. The van der Waals surface area contributed by atoms with Gasteiger partial charge in [0.25, 0.3) is 0 Å². The largest absolute Gasteiger partial charge is 0.383 e. The predicted molar refractivity (Wildman–Crippen MR) is 86.2 cm³/mol. The van der Waals surface area contributed by atoms with E-state index in [9.17, 15) is 5.11 Å². The van der Waals surface area contributed by atoms with Gasteiger partial charge < -0.3 is 10.0 Å². The molecular formula is C16H20BrN3O. The van der Waals surface area contributed by atoms with Crippen molar-refractivity contribution in [3.63, 3.8) is 0 Å². The van der Waals surface area contributed by atoms with Crippen LogP contribution < -0.4 is 0 Å². The van der Waals surface area contributed by atoms with Crippen LogP contribution in [0.15, 0.2) is 34.9 Å². The number of nitrogens with zero attached hydrogens (tertiary/aromatic N) is 3. The number of fused-ring (bicyclic) bond motifs is 1. The third-order valence-electron chi connectivity index (χ3n) is 4.08. The molecule has 0 fully saturated rings. The molecule has 5 heteroatoms. The fourth-order valence-corrected chi connectivity index (χ4v) is 3.72. The Kier molecular flexibility index (Phi) is 3.90. The lowest BCUT2D eigenvalue weighted by Crippen LogP contribution is -2.32. The van der Waals surface area contributed by atoms with Gasteiger partial charge in [-0.3, -0.25) is 4.68 Å². The molecule has 0 amide bonds. The molecular weight excluding hydrogens is 330 g/mol. The van der Waals surface area contributed by atoms with Crippen LogP contribution in [0.5, 0.6) is 0 Å². The van der Waals surface area contributed by atoms with E-state index in [-0.39, 0.29) is 0 Å². The maximum Gasteiger partial charge on any atom is 0.115 e. The topological polar surface area (TPSA) is 41.3 Å². The third-order valence-corrected chi connectivity index (χ3v) is 4.66. The molecule has 0 bridgehead atoms. The average molecular weight is 350 g/mol. The van der Waals surface area contributed by atoms with Crippen molar-refractivity contribution >= 4 is 15.9 Å². The van der Waals surface area contributed by atoms with Gasteiger partial charge in [0, 0.05) is 19.4 Å². The molecule has 3 rings (SSSR count). The Labute approximate surface area is 133 Å². The van der Waals surface area contributed by atoms with Gasteiger partial charge in [-0.05, 0) is 41.2 Å². The number of likely N-dealkylation sites (N-methyl/N-ethyl adjacent to an activating group) is 1. The molecule has 21 heavy (non-hydrogen) atoms. The van der Waals surface area contributed by atoms with Gasteiger partial charge in [0.2, 0.25) is 0 Å². The molecule has 1 aromatic carbocycles. The molecule has 1 heterocycles. The van der Waals surface area contributed by atoms with Crippen molar-refractivity contribution < 1.29 is 5.11 Å². The Morgan fingerprint density at radius 1 is 1.29 bits per heavy atom. The Morgan fingerprint density at radius 3 is 2.48 bits per heavy atom. The van der Waals surface area contributed by atoms with Crippen molar-refractivity contribution in [2.75, 3.05) is 20.6 Å². The zero-order valence-corrected chi connectivity index (χ0v) is 14.0. The molecule has 0 saturated heterocycles. The van der Waals surface area contributed by atoms with Gasteiger partial charge in [-0.25, -0.2) is 0 Å². The minimum atomic E-state index is -0.870. The van der Waals surface area contributed by atoms with E-state index in [0.717, 1.165) is 23.3 Å². The summed E-state index contributed by atoms with van der Waals surface area (Å²) in [6.45, 7) is 1.66. The number of hydrogen-bond donors (Lipinski definition) is 1. The molecule has 0 aliphatic heterocycles. The molecule has 1 N–H and O–H groups in total. The van der Waals surface area contributed by atoms with E-state index in [2.05, 4.69) is 38.1 Å². The second-order valence-corrected chi connectivity index (χ2v) is 6.88. The zero-order chi connectivity index (χ0) is 15.0. The maximum absolute atomic E-state index is 11.2. The smallest absolute Gasteiger partial charge is 0.115 e. The lowest BCUT2D eigenvalue weighted by molar-refractivity contribution is 0.0374. The number of halogens is 1. The van der Waals surface area contributed by atoms with E-state index in [1.54, 1.807) is 6.20 Å². The predicted octanol–water partition coefficient (Wildman–Crippen LogP) is 2.19. The molecule has 0 radical (unpaired) electrons. The molecule has 2 aromatic rings. The van der Waals surface area contributed by atoms with Gasteiger partial charge in [-0.2, -0.15) is 5.10 Å². The van der Waals surface area contributed by atoms with Crippen LogP contribution in [0.4, 0.5) is 0 Å². The summed E-state index contributed by atoms with van der Waals surface area (Å²) >= 11 is 3.56. The van der Waals surface area contributed by atoms with Gasteiger partial charge in [0.05, 0.1) is 22.9 Å². The van der Waals surface area contributed by atoms with Crippen LogP contribution in [0.3, 0.4) is 0 Å². The Morgan fingerprint density at radius 2 is 1.90 bits per heavy atom. The summed E-state index contributed by atoms with van der Waals surface area (Å²) in [4.78, 5) is 2.12. The summed E-state index contributed by atoms with van der Waals surface area (Å²) < 4.78 is 2.81. The van der Waals surface area contributed by atoms with Crippen molar-refractivity contribution in [3.8, 4) is 0 Å². The highest BCUT2D eigenvalue weighted by molar-refractivity contribution is 9.10. The first-order valence-corrected chi connectivity index (χ1v) is 7.94. The number of rotatable bonds is 4. The fourth-order valence-electron chi connectivity index (χ4n) is 3.05. The number of aromatic nitrogens is 2. The van der Waals surface area contributed by atoms with Crippen molar-refractivity contribution in [3.05, 3.63) is 51.8 Å². The first-order valence-electron chi connectivity index (χ1n) is 7.15. The molecule has 1 aliphatic carbocycles. The molecule has 4 nitrogen and oxygen atoms in total. The SMILES string of the molecule is CN(C)CCn1ncc(Br)c1C1(O)Cc2ccccc2C1. The average Bonchev–Trinajstić information content (AvgIpc) is 2.96. The summed E-state index contributed by atoms with van der Waals surface area (Å²) in [5.41, 5.74) is 2.48. The van der Waals surface area contributed by atoms with E-state index in [4.69, 9.17) is 0 Å². The minimum absolute atomic E-state index is 0.648. The molecule has 0 spiro atoms. The van der Waals surface area contributed by atoms with Gasteiger partial charge >= 0.3 is 0 Å². The van der Waals surface area contributed by atoms with E-state index in [1.165, 1.54) is 11.1 Å². The first-order chi connectivity index (χ1) is 9.99. The van der Waals surface area contributed by atoms with Crippen LogP contribution in [-0.2, 0) is 25.0 Å². The highest BCUT2D eigenvalue weighted by atomic mass is 79.9. The van der Waals surface area contributed by atoms with E-state index >= 15 is 0 Å². The van der Waals surface area contributed by atoms with Crippen LogP contribution in [0, 0.1) is 0 Å². The zero-order valence-electron chi connectivity index (χ0n) is 12.4. The van der Waals surface area contributed by atoms with E-state index < -0.39 is 5.60 Å². The van der Waals surface area contributed by atoms with Crippen molar-refractivity contribution in [2.24, 2.45) is 0 Å². The second kappa shape index (κ2) is 5.55. The monoisotopic (exact) mass is 349 g/mol. The standard InChI is InChI=1S/C16H20BrN3O/c1-19(2)7-8-20-15(14(17)11-18-20)16(21)9-12-5-3-4-6-13(12)10-16/h3-6,11,21H,7-10H2,1-2H3. The molecule has 1 aliphatic rings. The number of hydrogen-bond acceptors (Lipinski definition) is 3. The van der Waals surface area contributed by atoms with Crippen LogP contribution in [0.25, 0.3) is 0 Å². The molecule has 0 saturated carbocycles. The number of benzene rings is 1. The van der Waals surface area contributed by atoms with Gasteiger partial charge in [0.15, 0.2) is 0 Å². The van der Waals surface area contributed by atoms with Crippen LogP contribution >= 0.6 is 15.9 Å². The lowest BCUT2D eigenvalue weighted by Gasteiger charge is -2.25. The van der Waals surface area contributed by atoms with Crippen molar-refractivity contribution in [2.45, 2.75) is 25.0 Å². The highest BCUT2D eigenvalue weighted by Gasteiger charge is 2.40. The van der Waals surface area contributed by atoms with Crippen molar-refractivity contribution in [1.82, 2.24) is 14.7 Å². The highest BCUT2D eigenvalue weighted by Crippen LogP contribution is 2.40. The van der Waals surface area contributed by atoms with Gasteiger partial charge in [-0.1, -0.05) is 24.3 Å². The summed E-state index contributed by atoms with van der Waals surface area (Å²) in [5, 5.41) is 15.6. The Hall–Kier alpha value is -1.17. The first kappa shape index (κ1) is 14.8. The Bertz CT molecular complexity index is 626. The van der Waals surface area contributed by atoms with Crippen LogP contribution in [0.1, 0.15) is 16.8 Å². The third kappa shape index (κ3) is 2.78. The normalized spacial score (nSPS) is 16.4. The fraction of sp³-hybridized carbons (Fsp3) is 0.438. The summed E-state index contributed by atoms with van der Waals surface area (Å²) in [6.07, 6.45) is 3.08. The van der Waals surface area contributed by atoms with E-state index in [0.29, 0.717) is 12.8 Å². The lowest BCUT2D eigenvalue weighted by atomic mass is 9.96. The van der Waals surface area contributed by atoms with Crippen molar-refractivity contribution in [1.29, 1.82) is 0 Å². The van der Waals surface area contributed by atoms with Gasteiger partial charge in [-0.15, -0.1) is 0 Å². The molecule has 0 unspecified atom stereocenters. The maximum atomic E-state index is 11.2. The summed E-state index contributed by atoms with van der Waals surface area (Å²) in [7, 11) is 4.08. The van der Waals surface area contributed by atoms with Crippen LogP contribution in [0.2, 0.25) is 0 Å².